The highest BCUT2D eigenvalue weighted by Crippen LogP contribution is 2.34. The second-order valence-corrected chi connectivity index (χ2v) is 6.39. The highest BCUT2D eigenvalue weighted by atomic mass is 35.5. The number of rotatable bonds is 3. The van der Waals surface area contributed by atoms with Crippen LogP contribution in [0.4, 0.5) is 4.39 Å². The zero-order valence-corrected chi connectivity index (χ0v) is 14.2. The van der Waals surface area contributed by atoms with Crippen LogP contribution in [0.5, 0.6) is 0 Å². The van der Waals surface area contributed by atoms with E-state index in [0.717, 1.165) is 0 Å². The van der Waals surface area contributed by atoms with E-state index in [1.54, 1.807) is 6.92 Å². The molecule has 0 aliphatic carbocycles. The van der Waals surface area contributed by atoms with E-state index in [9.17, 15) is 19.1 Å². The maximum Gasteiger partial charge on any atom is 0.308 e. The first kappa shape index (κ1) is 17.4. The van der Waals surface area contributed by atoms with Gasteiger partial charge in [0.25, 0.3) is 5.91 Å². The fraction of sp³-hybridized carbons (Fsp3) is 0.353. The average Bonchev–Trinajstić information content (AvgIpc) is 2.95. The van der Waals surface area contributed by atoms with Crippen LogP contribution in [0.15, 0.2) is 22.7 Å². The van der Waals surface area contributed by atoms with Crippen molar-refractivity contribution >= 4 is 23.5 Å². The molecule has 1 aromatic carbocycles. The molecule has 1 aliphatic rings. The molecule has 132 valence electrons. The first-order chi connectivity index (χ1) is 11.9. The molecule has 1 atom stereocenters. The highest BCUT2D eigenvalue weighted by molar-refractivity contribution is 6.33. The average molecular weight is 367 g/mol. The Kier molecular flexibility index (Phi) is 4.76. The van der Waals surface area contributed by atoms with Crippen LogP contribution in [-0.2, 0) is 4.79 Å². The maximum absolute atomic E-state index is 14.2. The van der Waals surface area contributed by atoms with E-state index in [-0.39, 0.29) is 34.1 Å². The Morgan fingerprint density at radius 1 is 1.44 bits per heavy atom. The molecule has 1 N–H and O–H groups in total. The Hall–Kier alpha value is -2.41. The van der Waals surface area contributed by atoms with Crippen LogP contribution in [0.25, 0.3) is 11.3 Å². The fourth-order valence-electron chi connectivity index (χ4n) is 3.04. The maximum atomic E-state index is 14.2. The van der Waals surface area contributed by atoms with Crippen LogP contribution in [0.2, 0.25) is 5.02 Å². The molecule has 3 rings (SSSR count). The van der Waals surface area contributed by atoms with E-state index in [1.165, 1.54) is 23.1 Å². The van der Waals surface area contributed by atoms with Crippen LogP contribution >= 0.6 is 11.6 Å². The van der Waals surface area contributed by atoms with Crippen molar-refractivity contribution in [2.75, 3.05) is 13.1 Å². The van der Waals surface area contributed by atoms with Gasteiger partial charge in [0, 0.05) is 13.1 Å². The Bertz CT molecular complexity index is 816. The van der Waals surface area contributed by atoms with Crippen molar-refractivity contribution < 1.29 is 23.6 Å². The first-order valence-electron chi connectivity index (χ1n) is 7.83. The highest BCUT2D eigenvalue weighted by Gasteiger charge is 2.33. The lowest BCUT2D eigenvalue weighted by molar-refractivity contribution is -0.143. The molecule has 1 fully saturated rings. The molecule has 1 aliphatic heterocycles. The second-order valence-electron chi connectivity index (χ2n) is 5.99. The van der Waals surface area contributed by atoms with Crippen LogP contribution in [0.3, 0.4) is 0 Å². The van der Waals surface area contributed by atoms with Crippen LogP contribution in [-0.4, -0.2) is 40.1 Å². The van der Waals surface area contributed by atoms with Gasteiger partial charge in [-0.1, -0.05) is 22.8 Å². The molecule has 1 saturated heterocycles. The third kappa shape index (κ3) is 3.24. The Balaban J connectivity index is 2.00. The van der Waals surface area contributed by atoms with Gasteiger partial charge >= 0.3 is 5.97 Å². The van der Waals surface area contributed by atoms with Gasteiger partial charge in [0.1, 0.15) is 22.8 Å². The fourth-order valence-corrected chi connectivity index (χ4v) is 3.29. The normalized spacial score (nSPS) is 17.6. The lowest BCUT2D eigenvalue weighted by atomic mass is 9.97. The van der Waals surface area contributed by atoms with Gasteiger partial charge in [-0.25, -0.2) is 4.39 Å². The third-order valence-electron chi connectivity index (χ3n) is 4.33. The number of carboxylic acid groups (broad SMARTS) is 1. The minimum atomic E-state index is -0.933. The number of hydrogen-bond acceptors (Lipinski definition) is 4. The molecule has 0 saturated carbocycles. The number of amides is 1. The topological polar surface area (TPSA) is 83.6 Å². The molecule has 8 heteroatoms. The number of piperidine rings is 1. The predicted molar refractivity (Wildman–Crippen MR) is 87.9 cm³/mol. The molecule has 2 aromatic rings. The summed E-state index contributed by atoms with van der Waals surface area (Å²) in [5.74, 6) is -2.36. The van der Waals surface area contributed by atoms with Crippen molar-refractivity contribution in [1.82, 2.24) is 10.1 Å². The van der Waals surface area contributed by atoms with E-state index >= 15 is 0 Å². The van der Waals surface area contributed by atoms with E-state index in [4.69, 9.17) is 16.1 Å². The molecule has 2 heterocycles. The molecule has 1 aromatic heterocycles. The van der Waals surface area contributed by atoms with E-state index < -0.39 is 23.6 Å². The van der Waals surface area contributed by atoms with Crippen molar-refractivity contribution in [2.45, 2.75) is 19.8 Å². The van der Waals surface area contributed by atoms with Crippen molar-refractivity contribution in [1.29, 1.82) is 0 Å². The van der Waals surface area contributed by atoms with Gasteiger partial charge < -0.3 is 14.5 Å². The minimum Gasteiger partial charge on any atom is -0.481 e. The molecule has 0 bridgehead atoms. The van der Waals surface area contributed by atoms with Crippen molar-refractivity contribution in [3.05, 3.63) is 40.4 Å². The smallest absolute Gasteiger partial charge is 0.308 e. The molecule has 0 unspecified atom stereocenters. The summed E-state index contributed by atoms with van der Waals surface area (Å²) in [6, 6.07) is 4.18. The van der Waals surface area contributed by atoms with Gasteiger partial charge in [0.2, 0.25) is 0 Å². The number of halogens is 2. The number of aryl methyl sites for hydroxylation is 1. The number of nitrogens with zero attached hydrogens (tertiary/aromatic N) is 2. The number of aliphatic carboxylic acids is 1. The third-order valence-corrected chi connectivity index (χ3v) is 4.65. The van der Waals surface area contributed by atoms with E-state index in [0.29, 0.717) is 19.4 Å². The summed E-state index contributed by atoms with van der Waals surface area (Å²) in [5, 5.41) is 13.1. The van der Waals surface area contributed by atoms with Crippen molar-refractivity contribution in [2.24, 2.45) is 5.92 Å². The number of benzene rings is 1. The Morgan fingerprint density at radius 2 is 2.20 bits per heavy atom. The number of likely N-dealkylation sites (tertiary alicyclic amines) is 1. The summed E-state index contributed by atoms with van der Waals surface area (Å²) < 4.78 is 19.3. The summed E-state index contributed by atoms with van der Waals surface area (Å²) in [5.41, 5.74) is 0.136. The van der Waals surface area contributed by atoms with Crippen LogP contribution < -0.4 is 0 Å². The van der Waals surface area contributed by atoms with Crippen molar-refractivity contribution in [3.8, 4) is 11.3 Å². The van der Waals surface area contributed by atoms with Crippen LogP contribution in [0, 0.1) is 18.7 Å². The molecule has 1 amide bonds. The quantitative estimate of drug-likeness (QED) is 0.900. The zero-order valence-electron chi connectivity index (χ0n) is 13.5. The van der Waals surface area contributed by atoms with Crippen molar-refractivity contribution in [3.63, 3.8) is 0 Å². The summed E-state index contributed by atoms with van der Waals surface area (Å²) in [6.45, 7) is 2.08. The van der Waals surface area contributed by atoms with E-state index in [2.05, 4.69) is 5.16 Å². The number of carboxylic acids is 1. The molecular weight excluding hydrogens is 351 g/mol. The second kappa shape index (κ2) is 6.84. The largest absolute Gasteiger partial charge is 0.481 e. The van der Waals surface area contributed by atoms with Gasteiger partial charge in [-0.05, 0) is 31.9 Å². The number of aromatic nitrogens is 1. The minimum absolute atomic E-state index is 0.00355. The van der Waals surface area contributed by atoms with Gasteiger partial charge in [-0.2, -0.15) is 0 Å². The SMILES string of the molecule is Cc1onc(-c2c(F)cccc2Cl)c1C(=O)N1CCC[C@H](C(=O)O)C1. The summed E-state index contributed by atoms with van der Waals surface area (Å²) >= 11 is 6.08. The molecule has 25 heavy (non-hydrogen) atoms. The van der Waals surface area contributed by atoms with Gasteiger partial charge in [0.05, 0.1) is 16.5 Å². The zero-order chi connectivity index (χ0) is 18.1. The van der Waals surface area contributed by atoms with Gasteiger partial charge in [-0.3, -0.25) is 9.59 Å². The summed E-state index contributed by atoms with van der Waals surface area (Å²) in [4.78, 5) is 25.6. The number of carbonyl (C=O) groups is 2. The lowest BCUT2D eigenvalue weighted by Crippen LogP contribution is -2.42. The summed E-state index contributed by atoms with van der Waals surface area (Å²) in [6.07, 6.45) is 1.11. The lowest BCUT2D eigenvalue weighted by Gasteiger charge is -2.30. The van der Waals surface area contributed by atoms with Gasteiger partial charge in [-0.15, -0.1) is 0 Å². The summed E-state index contributed by atoms with van der Waals surface area (Å²) in [7, 11) is 0. The standard InChI is InChI=1S/C17H16ClFN2O4/c1-9-13(16(22)21-7-3-4-10(8-21)17(23)24)15(20-25-9)14-11(18)5-2-6-12(14)19/h2,5-6,10H,3-4,7-8H2,1H3,(H,23,24)/t10-/m0/s1. The Morgan fingerprint density at radius 3 is 2.88 bits per heavy atom. The number of carbonyl (C=O) groups excluding carboxylic acids is 1. The van der Waals surface area contributed by atoms with Gasteiger partial charge in [0.15, 0.2) is 0 Å². The van der Waals surface area contributed by atoms with Crippen LogP contribution in [0.1, 0.15) is 29.0 Å². The monoisotopic (exact) mass is 366 g/mol. The molecule has 0 radical (unpaired) electrons. The molecular formula is C17H16ClFN2O4. The first-order valence-corrected chi connectivity index (χ1v) is 8.20. The molecule has 0 spiro atoms. The predicted octanol–water partition coefficient (Wildman–Crippen LogP) is 3.38. The Labute approximate surface area is 148 Å². The molecule has 6 nitrogen and oxygen atoms in total. The van der Waals surface area contributed by atoms with E-state index in [1.807, 2.05) is 0 Å². The number of hydrogen-bond donors (Lipinski definition) is 1.